The highest BCUT2D eigenvalue weighted by Crippen LogP contribution is 2.36. The number of halogens is 1. The maximum Gasteiger partial charge on any atom is 0.319 e. The Hall–Kier alpha value is -3.78. The number of hydrogen-bond donors (Lipinski definition) is 2. The molecule has 182 valence electrons. The van der Waals surface area contributed by atoms with E-state index in [1.807, 2.05) is 61.5 Å². The lowest BCUT2D eigenvalue weighted by molar-refractivity contribution is 0.173. The highest BCUT2D eigenvalue weighted by atomic mass is 19.1. The van der Waals surface area contributed by atoms with Gasteiger partial charge in [-0.2, -0.15) is 0 Å². The summed E-state index contributed by atoms with van der Waals surface area (Å²) >= 11 is 0. The Morgan fingerprint density at radius 1 is 0.971 bits per heavy atom. The molecule has 0 bridgehead atoms. The number of para-hydroxylation sites is 1. The third kappa shape index (κ3) is 5.33. The molecule has 1 fully saturated rings. The number of aryl methyl sites for hydroxylation is 1. The number of rotatable bonds is 6. The van der Waals surface area contributed by atoms with E-state index in [1.54, 1.807) is 6.07 Å². The molecule has 5 rings (SSSR count). The van der Waals surface area contributed by atoms with Crippen molar-refractivity contribution in [2.75, 3.05) is 49.7 Å². The molecule has 2 N–H and O–H groups in total. The number of amides is 2. The van der Waals surface area contributed by atoms with Gasteiger partial charge in [-0.1, -0.05) is 30.3 Å². The van der Waals surface area contributed by atoms with E-state index >= 15 is 0 Å². The number of ether oxygens (including phenoxy) is 2. The van der Waals surface area contributed by atoms with E-state index in [4.69, 9.17) is 9.47 Å². The largest absolute Gasteiger partial charge is 0.454 e. The first-order valence-corrected chi connectivity index (χ1v) is 11.8. The quantitative estimate of drug-likeness (QED) is 0.547. The summed E-state index contributed by atoms with van der Waals surface area (Å²) in [6.07, 6.45) is 0. The van der Waals surface area contributed by atoms with Crippen molar-refractivity contribution >= 4 is 17.4 Å². The molecule has 35 heavy (non-hydrogen) atoms. The second-order valence-corrected chi connectivity index (χ2v) is 8.81. The van der Waals surface area contributed by atoms with Crippen LogP contribution in [0.25, 0.3) is 0 Å². The number of carbonyl (C=O) groups excluding carboxylic acids is 1. The van der Waals surface area contributed by atoms with Gasteiger partial charge >= 0.3 is 6.03 Å². The topological polar surface area (TPSA) is 66.1 Å². The lowest BCUT2D eigenvalue weighted by atomic mass is 10.0. The highest BCUT2D eigenvalue weighted by Gasteiger charge is 2.28. The van der Waals surface area contributed by atoms with Gasteiger partial charge in [0, 0.05) is 38.4 Å². The lowest BCUT2D eigenvalue weighted by Gasteiger charge is -2.40. The Kier molecular flexibility index (Phi) is 6.72. The van der Waals surface area contributed by atoms with E-state index in [0.717, 1.165) is 35.7 Å². The first kappa shape index (κ1) is 23.0. The Balaban J connectivity index is 1.29. The van der Waals surface area contributed by atoms with E-state index in [0.29, 0.717) is 31.1 Å². The van der Waals surface area contributed by atoms with Gasteiger partial charge in [-0.25, -0.2) is 9.18 Å². The van der Waals surface area contributed by atoms with Gasteiger partial charge in [0.2, 0.25) is 6.79 Å². The lowest BCUT2D eigenvalue weighted by Crippen LogP contribution is -2.50. The fraction of sp³-hybridized carbons (Fsp3) is 0.296. The van der Waals surface area contributed by atoms with E-state index in [9.17, 15) is 9.18 Å². The molecule has 1 atom stereocenters. The van der Waals surface area contributed by atoms with Crippen molar-refractivity contribution in [1.29, 1.82) is 0 Å². The summed E-state index contributed by atoms with van der Waals surface area (Å²) in [6.45, 7) is 5.46. The van der Waals surface area contributed by atoms with Crippen LogP contribution in [0.2, 0.25) is 0 Å². The summed E-state index contributed by atoms with van der Waals surface area (Å²) in [6, 6.07) is 20.1. The molecule has 7 nitrogen and oxygen atoms in total. The zero-order valence-electron chi connectivity index (χ0n) is 19.7. The van der Waals surface area contributed by atoms with Gasteiger partial charge in [-0.15, -0.1) is 0 Å². The highest BCUT2D eigenvalue weighted by molar-refractivity contribution is 5.89. The van der Waals surface area contributed by atoms with Gasteiger partial charge in [0.1, 0.15) is 5.82 Å². The molecule has 8 heteroatoms. The maximum atomic E-state index is 14.3. The minimum absolute atomic E-state index is 0.0736. The average molecular weight is 477 g/mol. The van der Waals surface area contributed by atoms with Gasteiger partial charge in [0.15, 0.2) is 11.5 Å². The third-order valence-electron chi connectivity index (χ3n) is 6.46. The van der Waals surface area contributed by atoms with E-state index in [2.05, 4.69) is 20.4 Å². The Morgan fingerprint density at radius 3 is 2.57 bits per heavy atom. The van der Waals surface area contributed by atoms with Crippen LogP contribution in [0, 0.1) is 12.7 Å². The van der Waals surface area contributed by atoms with Crippen LogP contribution in [0.15, 0.2) is 66.7 Å². The number of anilines is 2. The van der Waals surface area contributed by atoms with E-state index in [-0.39, 0.29) is 24.7 Å². The minimum atomic E-state index is -0.258. The number of nitrogens with one attached hydrogen (secondary N) is 2. The molecule has 1 saturated heterocycles. The molecule has 3 aromatic carbocycles. The van der Waals surface area contributed by atoms with Crippen LogP contribution < -0.4 is 25.0 Å². The predicted molar refractivity (Wildman–Crippen MR) is 134 cm³/mol. The summed E-state index contributed by atoms with van der Waals surface area (Å²) in [5.74, 6) is 1.23. The van der Waals surface area contributed by atoms with Crippen LogP contribution in [0.1, 0.15) is 17.2 Å². The molecule has 2 heterocycles. The van der Waals surface area contributed by atoms with Gasteiger partial charge in [-0.05, 0) is 54.4 Å². The van der Waals surface area contributed by atoms with Gasteiger partial charge in [0.05, 0.1) is 11.7 Å². The van der Waals surface area contributed by atoms with Crippen molar-refractivity contribution in [3.05, 3.63) is 83.7 Å². The Bertz CT molecular complexity index is 1200. The zero-order chi connectivity index (χ0) is 24.2. The Labute approximate surface area is 204 Å². The van der Waals surface area contributed by atoms with Gasteiger partial charge < -0.3 is 25.0 Å². The molecule has 2 aliphatic rings. The predicted octanol–water partition coefficient (Wildman–Crippen LogP) is 4.55. The normalized spacial score (nSPS) is 16.1. The summed E-state index contributed by atoms with van der Waals surface area (Å²) in [7, 11) is 0. The molecule has 0 aromatic heterocycles. The number of urea groups is 1. The summed E-state index contributed by atoms with van der Waals surface area (Å²) in [5.41, 5.74) is 3.49. The fourth-order valence-electron chi connectivity index (χ4n) is 4.65. The maximum absolute atomic E-state index is 14.3. The Morgan fingerprint density at radius 2 is 1.77 bits per heavy atom. The van der Waals surface area contributed by atoms with Crippen molar-refractivity contribution in [2.24, 2.45) is 0 Å². The minimum Gasteiger partial charge on any atom is -0.454 e. The number of fused-ring (bicyclic) bond motifs is 1. The second kappa shape index (κ2) is 10.2. The smallest absolute Gasteiger partial charge is 0.319 e. The molecular formula is C27H29FN4O3. The number of piperazine rings is 1. The molecule has 2 amide bonds. The molecule has 0 unspecified atom stereocenters. The van der Waals surface area contributed by atoms with Crippen LogP contribution >= 0.6 is 0 Å². The van der Waals surface area contributed by atoms with Crippen LogP contribution in [-0.4, -0.2) is 50.4 Å². The monoisotopic (exact) mass is 476 g/mol. The zero-order valence-corrected chi connectivity index (χ0v) is 19.7. The van der Waals surface area contributed by atoms with Crippen LogP contribution in [-0.2, 0) is 0 Å². The molecular weight excluding hydrogens is 447 g/mol. The molecule has 0 saturated carbocycles. The molecule has 2 aliphatic heterocycles. The molecule has 0 spiro atoms. The number of nitrogens with zero attached hydrogens (tertiary/aromatic N) is 2. The molecule has 0 radical (unpaired) electrons. The number of carbonyl (C=O) groups is 1. The van der Waals surface area contributed by atoms with Crippen molar-refractivity contribution in [3.8, 4) is 11.5 Å². The van der Waals surface area contributed by atoms with Crippen LogP contribution in [0.5, 0.6) is 11.5 Å². The van der Waals surface area contributed by atoms with Gasteiger partial charge in [-0.3, -0.25) is 4.90 Å². The molecule has 0 aliphatic carbocycles. The SMILES string of the molecule is Cc1cccc(NC(=O)NC[C@H](c2ccc3c(c2)OCO3)N2CCN(c3ccccc3F)CC2)c1. The van der Waals surface area contributed by atoms with Crippen molar-refractivity contribution < 1.29 is 18.7 Å². The van der Waals surface area contributed by atoms with Gasteiger partial charge in [0.25, 0.3) is 0 Å². The second-order valence-electron chi connectivity index (χ2n) is 8.81. The van der Waals surface area contributed by atoms with E-state index < -0.39 is 0 Å². The van der Waals surface area contributed by atoms with Crippen molar-refractivity contribution in [1.82, 2.24) is 10.2 Å². The number of benzene rings is 3. The van der Waals surface area contributed by atoms with Crippen LogP contribution in [0.3, 0.4) is 0 Å². The first-order chi connectivity index (χ1) is 17.1. The molecule has 3 aromatic rings. The standard InChI is InChI=1S/C27H29FN4O3/c1-19-5-4-6-21(15-19)30-27(33)29-17-24(20-9-10-25-26(16-20)35-18-34-25)32-13-11-31(12-14-32)23-8-3-2-7-22(23)28/h2-10,15-16,24H,11-14,17-18H2,1H3,(H2,29,30,33)/t24-/m1/s1. The van der Waals surface area contributed by atoms with Crippen molar-refractivity contribution in [2.45, 2.75) is 13.0 Å². The summed E-state index contributed by atoms with van der Waals surface area (Å²) in [5, 5.41) is 5.93. The summed E-state index contributed by atoms with van der Waals surface area (Å²) in [4.78, 5) is 17.1. The third-order valence-corrected chi connectivity index (χ3v) is 6.46. The average Bonchev–Trinajstić information content (AvgIpc) is 3.33. The number of hydrogen-bond acceptors (Lipinski definition) is 5. The first-order valence-electron chi connectivity index (χ1n) is 11.8. The van der Waals surface area contributed by atoms with E-state index in [1.165, 1.54) is 6.07 Å². The fourth-order valence-corrected chi connectivity index (χ4v) is 4.65. The van der Waals surface area contributed by atoms with Crippen molar-refractivity contribution in [3.63, 3.8) is 0 Å². The summed E-state index contributed by atoms with van der Waals surface area (Å²) < 4.78 is 25.4. The van der Waals surface area contributed by atoms with Crippen LogP contribution in [0.4, 0.5) is 20.6 Å².